The maximum Gasteiger partial charge on any atom is 0.137 e. The van der Waals surface area contributed by atoms with Crippen molar-refractivity contribution in [1.82, 2.24) is 9.97 Å². The summed E-state index contributed by atoms with van der Waals surface area (Å²) in [6.45, 7) is 4.70. The number of aromatic nitrogens is 2. The zero-order valence-corrected chi connectivity index (χ0v) is 11.6. The number of para-hydroxylation sites is 1. The Labute approximate surface area is 114 Å². The number of rotatable bonds is 2. The van der Waals surface area contributed by atoms with Crippen molar-refractivity contribution in [3.05, 3.63) is 30.6 Å². The van der Waals surface area contributed by atoms with Crippen molar-refractivity contribution in [1.29, 1.82) is 0 Å². The van der Waals surface area contributed by atoms with Crippen LogP contribution in [-0.2, 0) is 0 Å². The summed E-state index contributed by atoms with van der Waals surface area (Å²) in [5.74, 6) is 2.55. The van der Waals surface area contributed by atoms with Crippen molar-refractivity contribution >= 4 is 16.7 Å². The predicted octanol–water partition coefficient (Wildman–Crippen LogP) is 3.87. The first-order valence-corrected chi connectivity index (χ1v) is 7.20. The summed E-state index contributed by atoms with van der Waals surface area (Å²) in [6.07, 6.45) is 5.51. The Balaban J connectivity index is 1.85. The quantitative estimate of drug-likeness (QED) is 0.885. The Morgan fingerprint density at radius 1 is 1.11 bits per heavy atom. The Morgan fingerprint density at radius 2 is 1.95 bits per heavy atom. The van der Waals surface area contributed by atoms with Crippen LogP contribution in [-0.4, -0.2) is 16.0 Å². The molecule has 0 bridgehead atoms. The molecule has 1 aromatic carbocycles. The van der Waals surface area contributed by atoms with E-state index in [2.05, 4.69) is 35.2 Å². The van der Waals surface area contributed by atoms with Gasteiger partial charge in [0.1, 0.15) is 12.1 Å². The van der Waals surface area contributed by atoms with Crippen LogP contribution >= 0.6 is 0 Å². The average molecular weight is 255 g/mol. The first-order valence-electron chi connectivity index (χ1n) is 7.20. The number of nitrogens with zero attached hydrogens (tertiary/aromatic N) is 2. The van der Waals surface area contributed by atoms with E-state index in [9.17, 15) is 0 Å². The largest absolute Gasteiger partial charge is 0.366 e. The van der Waals surface area contributed by atoms with Crippen LogP contribution in [0.4, 0.5) is 5.82 Å². The SMILES string of the molecule is CC1CCC(Nc2ncnc3ccccc23)C(C)C1. The van der Waals surface area contributed by atoms with Gasteiger partial charge in [-0.1, -0.05) is 26.0 Å². The van der Waals surface area contributed by atoms with Crippen LogP contribution in [0.3, 0.4) is 0 Å². The average Bonchev–Trinajstić information content (AvgIpc) is 2.42. The minimum atomic E-state index is 0.537. The number of fused-ring (bicyclic) bond motifs is 1. The second-order valence-electron chi connectivity index (χ2n) is 5.89. The van der Waals surface area contributed by atoms with E-state index in [-0.39, 0.29) is 0 Å². The van der Waals surface area contributed by atoms with Gasteiger partial charge >= 0.3 is 0 Å². The molecule has 3 atom stereocenters. The molecule has 100 valence electrons. The van der Waals surface area contributed by atoms with Crippen molar-refractivity contribution in [2.24, 2.45) is 11.8 Å². The van der Waals surface area contributed by atoms with E-state index in [0.717, 1.165) is 22.6 Å². The molecule has 1 aliphatic rings. The minimum Gasteiger partial charge on any atom is -0.366 e. The van der Waals surface area contributed by atoms with Crippen molar-refractivity contribution < 1.29 is 0 Å². The molecule has 0 amide bonds. The fourth-order valence-electron chi connectivity index (χ4n) is 3.18. The van der Waals surface area contributed by atoms with Crippen LogP contribution in [0.5, 0.6) is 0 Å². The lowest BCUT2D eigenvalue weighted by Gasteiger charge is -2.33. The lowest BCUT2D eigenvalue weighted by molar-refractivity contribution is 0.276. The first kappa shape index (κ1) is 12.4. The van der Waals surface area contributed by atoms with Crippen LogP contribution in [0.15, 0.2) is 30.6 Å². The van der Waals surface area contributed by atoms with E-state index in [1.54, 1.807) is 6.33 Å². The highest BCUT2D eigenvalue weighted by atomic mass is 15.0. The highest BCUT2D eigenvalue weighted by molar-refractivity contribution is 5.88. The number of benzene rings is 1. The van der Waals surface area contributed by atoms with Crippen molar-refractivity contribution in [3.8, 4) is 0 Å². The summed E-state index contributed by atoms with van der Waals surface area (Å²) in [5, 5.41) is 4.76. The molecule has 1 aliphatic carbocycles. The van der Waals surface area contributed by atoms with E-state index in [1.807, 2.05) is 18.2 Å². The monoisotopic (exact) mass is 255 g/mol. The molecule has 0 saturated heterocycles. The summed E-state index contributed by atoms with van der Waals surface area (Å²) in [7, 11) is 0. The molecular formula is C16H21N3. The normalized spacial score (nSPS) is 27.4. The van der Waals surface area contributed by atoms with E-state index in [1.165, 1.54) is 19.3 Å². The molecule has 0 aliphatic heterocycles. The lowest BCUT2D eigenvalue weighted by atomic mass is 9.80. The summed E-state index contributed by atoms with van der Waals surface area (Å²) >= 11 is 0. The second-order valence-corrected chi connectivity index (χ2v) is 5.89. The molecule has 2 aromatic rings. The predicted molar refractivity (Wildman–Crippen MR) is 79.1 cm³/mol. The third-order valence-electron chi connectivity index (χ3n) is 4.30. The summed E-state index contributed by atoms with van der Waals surface area (Å²) in [6, 6.07) is 8.73. The number of anilines is 1. The van der Waals surface area contributed by atoms with Gasteiger partial charge in [-0.25, -0.2) is 9.97 Å². The zero-order valence-electron chi connectivity index (χ0n) is 11.6. The van der Waals surface area contributed by atoms with Gasteiger partial charge in [0.05, 0.1) is 5.52 Å². The molecule has 3 unspecified atom stereocenters. The number of hydrogen-bond acceptors (Lipinski definition) is 3. The minimum absolute atomic E-state index is 0.537. The van der Waals surface area contributed by atoms with Crippen LogP contribution in [0, 0.1) is 11.8 Å². The van der Waals surface area contributed by atoms with Crippen LogP contribution in [0.1, 0.15) is 33.1 Å². The van der Waals surface area contributed by atoms with Crippen molar-refractivity contribution in [2.75, 3.05) is 5.32 Å². The van der Waals surface area contributed by atoms with Gasteiger partial charge in [0.2, 0.25) is 0 Å². The number of nitrogens with one attached hydrogen (secondary N) is 1. The molecule has 1 fully saturated rings. The molecule has 1 aromatic heterocycles. The number of hydrogen-bond donors (Lipinski definition) is 1. The third-order valence-corrected chi connectivity index (χ3v) is 4.30. The highest BCUT2D eigenvalue weighted by Crippen LogP contribution is 2.31. The Hall–Kier alpha value is -1.64. The van der Waals surface area contributed by atoms with Gasteiger partial charge in [0.25, 0.3) is 0 Å². The van der Waals surface area contributed by atoms with Gasteiger partial charge in [0.15, 0.2) is 0 Å². The molecule has 1 saturated carbocycles. The molecule has 3 nitrogen and oxygen atoms in total. The Morgan fingerprint density at radius 3 is 2.79 bits per heavy atom. The summed E-state index contributed by atoms with van der Waals surface area (Å²) < 4.78 is 0. The van der Waals surface area contributed by atoms with E-state index >= 15 is 0 Å². The van der Waals surface area contributed by atoms with Gasteiger partial charge in [-0.2, -0.15) is 0 Å². The molecule has 1 heterocycles. The van der Waals surface area contributed by atoms with Crippen molar-refractivity contribution in [2.45, 2.75) is 39.2 Å². The Kier molecular flexibility index (Phi) is 3.36. The Bertz CT molecular complexity index is 561. The topological polar surface area (TPSA) is 37.8 Å². The third kappa shape index (κ3) is 2.55. The van der Waals surface area contributed by atoms with Gasteiger partial charge < -0.3 is 5.32 Å². The molecular weight excluding hydrogens is 234 g/mol. The molecule has 0 radical (unpaired) electrons. The van der Waals surface area contributed by atoms with Crippen LogP contribution in [0.25, 0.3) is 10.9 Å². The smallest absolute Gasteiger partial charge is 0.137 e. The van der Waals surface area contributed by atoms with Crippen LogP contribution in [0.2, 0.25) is 0 Å². The van der Waals surface area contributed by atoms with Gasteiger partial charge in [-0.15, -0.1) is 0 Å². The molecule has 19 heavy (non-hydrogen) atoms. The van der Waals surface area contributed by atoms with Gasteiger partial charge in [0, 0.05) is 11.4 Å². The summed E-state index contributed by atoms with van der Waals surface area (Å²) in [4.78, 5) is 8.75. The van der Waals surface area contributed by atoms with E-state index in [4.69, 9.17) is 0 Å². The van der Waals surface area contributed by atoms with Gasteiger partial charge in [-0.3, -0.25) is 0 Å². The fourth-order valence-corrected chi connectivity index (χ4v) is 3.18. The van der Waals surface area contributed by atoms with E-state index in [0.29, 0.717) is 12.0 Å². The maximum absolute atomic E-state index is 4.43. The van der Waals surface area contributed by atoms with E-state index < -0.39 is 0 Å². The highest BCUT2D eigenvalue weighted by Gasteiger charge is 2.25. The van der Waals surface area contributed by atoms with Crippen molar-refractivity contribution in [3.63, 3.8) is 0 Å². The fraction of sp³-hybridized carbons (Fsp3) is 0.500. The molecule has 1 N–H and O–H groups in total. The lowest BCUT2D eigenvalue weighted by Crippen LogP contribution is -2.33. The summed E-state index contributed by atoms with van der Waals surface area (Å²) in [5.41, 5.74) is 1.01. The second kappa shape index (κ2) is 5.16. The first-order chi connectivity index (χ1) is 9.24. The molecule has 3 heteroatoms. The zero-order chi connectivity index (χ0) is 13.2. The van der Waals surface area contributed by atoms with Crippen LogP contribution < -0.4 is 5.32 Å². The standard InChI is InChI=1S/C16H21N3/c1-11-7-8-14(12(2)9-11)19-16-13-5-3-4-6-15(13)17-10-18-16/h3-6,10-12,14H,7-9H2,1-2H3,(H,17,18,19). The maximum atomic E-state index is 4.43. The molecule has 3 rings (SSSR count). The molecule has 0 spiro atoms. The van der Waals surface area contributed by atoms with Gasteiger partial charge in [-0.05, 0) is 43.2 Å².